The molecule has 0 unspecified atom stereocenters. The van der Waals surface area contributed by atoms with Crippen LogP contribution in [0.1, 0.15) is 5.56 Å². The molecule has 1 aromatic rings. The third-order valence-corrected chi connectivity index (χ3v) is 3.75. The van der Waals surface area contributed by atoms with Crippen LogP contribution in [0.15, 0.2) is 47.8 Å². The van der Waals surface area contributed by atoms with Crippen LogP contribution in [-0.4, -0.2) is 8.80 Å². The molecule has 2 rings (SSSR count). The Kier molecular flexibility index (Phi) is 2.62. The number of allylic oxidation sites excluding steroid dienone is 2. The Bertz CT molecular complexity index is 437. The van der Waals surface area contributed by atoms with Crippen LogP contribution in [-0.2, 0) is 0 Å². The normalized spacial score (nSPS) is 14.1. The van der Waals surface area contributed by atoms with Crippen molar-refractivity contribution in [2.75, 3.05) is 0 Å². The summed E-state index contributed by atoms with van der Waals surface area (Å²) in [5.41, 5.74) is 7.85. The highest BCUT2D eigenvalue weighted by atomic mass is 28.3. The molecule has 0 aromatic heterocycles. The zero-order valence-electron chi connectivity index (χ0n) is 7.57. The molecule has 0 spiro atoms. The summed E-state index contributed by atoms with van der Waals surface area (Å²) in [6.45, 7) is 0. The minimum absolute atomic E-state index is 0.236. The molecule has 68 valence electrons. The summed E-state index contributed by atoms with van der Waals surface area (Å²) in [5.74, 6) is 2.65. The predicted octanol–water partition coefficient (Wildman–Crippen LogP) is 2.15. The van der Waals surface area contributed by atoms with Crippen molar-refractivity contribution in [3.05, 3.63) is 59.2 Å². The average molecular weight is 200 g/mol. The second kappa shape index (κ2) is 4.08. The smallest absolute Gasteiger partial charge is 0.169 e. The van der Waals surface area contributed by atoms with Crippen molar-refractivity contribution in [3.63, 3.8) is 0 Å². The second-order valence-electron chi connectivity index (χ2n) is 3.04. The summed E-state index contributed by atoms with van der Waals surface area (Å²) < 4.78 is 13.1. The van der Waals surface area contributed by atoms with Gasteiger partial charge in [0.25, 0.3) is 0 Å². The van der Waals surface area contributed by atoms with Crippen LogP contribution in [0.2, 0.25) is 0 Å². The van der Waals surface area contributed by atoms with Gasteiger partial charge in [0.15, 0.2) is 8.80 Å². The lowest BCUT2D eigenvalue weighted by molar-refractivity contribution is 0.624. The van der Waals surface area contributed by atoms with Crippen molar-refractivity contribution < 1.29 is 4.39 Å². The van der Waals surface area contributed by atoms with E-state index in [9.17, 15) is 4.39 Å². The van der Waals surface area contributed by atoms with E-state index >= 15 is 0 Å². The lowest BCUT2D eigenvalue weighted by atomic mass is 10.2. The zero-order valence-corrected chi connectivity index (χ0v) is 8.73. The van der Waals surface area contributed by atoms with E-state index in [0.717, 1.165) is 0 Å². The fourth-order valence-electron chi connectivity index (χ4n) is 1.25. The Morgan fingerprint density at radius 1 is 1.07 bits per heavy atom. The van der Waals surface area contributed by atoms with Gasteiger partial charge in [0, 0.05) is 0 Å². The second-order valence-corrected chi connectivity index (χ2v) is 5.15. The molecule has 0 fully saturated rings. The first kappa shape index (κ1) is 8.98. The number of hydrogen-bond donors (Lipinski definition) is 0. The molecular weight excluding hydrogens is 191 g/mol. The van der Waals surface area contributed by atoms with E-state index in [0.29, 0.717) is 5.56 Å². The maximum atomic E-state index is 13.1. The summed E-state index contributed by atoms with van der Waals surface area (Å²) in [7, 11) is -1.16. The lowest BCUT2D eigenvalue weighted by Gasteiger charge is -1.92. The van der Waals surface area contributed by atoms with E-state index in [1.807, 2.05) is 12.2 Å². The van der Waals surface area contributed by atoms with Crippen LogP contribution in [0, 0.1) is 17.3 Å². The first-order chi connectivity index (χ1) is 6.86. The van der Waals surface area contributed by atoms with E-state index in [2.05, 4.69) is 22.9 Å². The molecule has 2 heteroatoms. The highest BCUT2D eigenvalue weighted by Crippen LogP contribution is 2.04. The van der Waals surface area contributed by atoms with Gasteiger partial charge >= 0.3 is 0 Å². The van der Waals surface area contributed by atoms with Crippen molar-refractivity contribution in [1.82, 2.24) is 0 Å². The minimum atomic E-state index is -1.16. The number of hydrogen-bond acceptors (Lipinski definition) is 0. The van der Waals surface area contributed by atoms with Crippen LogP contribution >= 0.6 is 0 Å². The third kappa shape index (κ3) is 2.01. The molecule has 0 nitrogen and oxygen atoms in total. The van der Waals surface area contributed by atoms with Gasteiger partial charge in [-0.1, -0.05) is 41.6 Å². The molecule has 0 atom stereocenters. The Balaban J connectivity index is 2.21. The van der Waals surface area contributed by atoms with Gasteiger partial charge in [-0.2, -0.15) is 0 Å². The molecule has 0 amide bonds. The summed E-state index contributed by atoms with van der Waals surface area (Å²) in [6.07, 6.45) is 4.01. The molecule has 0 bridgehead atoms. The fraction of sp³-hybridized carbons (Fsp3) is 0. The van der Waals surface area contributed by atoms with E-state index in [1.54, 1.807) is 18.2 Å². The van der Waals surface area contributed by atoms with Gasteiger partial charge in [-0.3, -0.25) is 0 Å². The van der Waals surface area contributed by atoms with Crippen molar-refractivity contribution in [1.29, 1.82) is 0 Å². The highest BCUT2D eigenvalue weighted by Gasteiger charge is 2.01. The van der Waals surface area contributed by atoms with Gasteiger partial charge in [-0.15, -0.1) is 5.54 Å². The third-order valence-electron chi connectivity index (χ3n) is 2.00. The van der Waals surface area contributed by atoms with Crippen molar-refractivity contribution in [3.8, 4) is 11.5 Å². The predicted molar refractivity (Wildman–Crippen MR) is 58.7 cm³/mol. The van der Waals surface area contributed by atoms with Gasteiger partial charge in [-0.05, 0) is 12.1 Å². The fourth-order valence-corrected chi connectivity index (χ4v) is 2.63. The van der Waals surface area contributed by atoms with Crippen LogP contribution in [0.25, 0.3) is 0 Å². The quantitative estimate of drug-likeness (QED) is 0.444. The van der Waals surface area contributed by atoms with E-state index in [4.69, 9.17) is 0 Å². The monoisotopic (exact) mass is 200 g/mol. The molecule has 0 radical (unpaired) electrons. The largest absolute Gasteiger partial charge is 0.206 e. The number of benzene rings is 1. The molecule has 0 saturated carbocycles. The van der Waals surface area contributed by atoms with Crippen LogP contribution in [0.4, 0.5) is 4.39 Å². The number of rotatable bonds is 0. The Hall–Kier alpha value is -1.59. The van der Waals surface area contributed by atoms with E-state index < -0.39 is 8.80 Å². The van der Waals surface area contributed by atoms with Crippen molar-refractivity contribution >= 4 is 8.80 Å². The lowest BCUT2D eigenvalue weighted by Crippen LogP contribution is -1.98. The highest BCUT2D eigenvalue weighted by molar-refractivity contribution is 6.78. The Labute approximate surface area is 84.4 Å². The summed E-state index contributed by atoms with van der Waals surface area (Å²) in [5, 5.41) is 0. The maximum absolute atomic E-state index is 13.1. The van der Waals surface area contributed by atoms with Crippen LogP contribution < -0.4 is 0 Å². The first-order valence-corrected chi connectivity index (χ1v) is 6.38. The molecule has 1 aromatic carbocycles. The maximum Gasteiger partial charge on any atom is 0.169 e. The molecule has 1 aliphatic heterocycles. The van der Waals surface area contributed by atoms with Gasteiger partial charge < -0.3 is 0 Å². The summed E-state index contributed by atoms with van der Waals surface area (Å²) in [6, 6.07) is 6.62. The average Bonchev–Trinajstić information content (AvgIpc) is 2.69. The minimum Gasteiger partial charge on any atom is -0.206 e. The standard InChI is InChI=1S/C12H9FSi/c13-12-6-2-1-5-11(12)7-10-14-8-3-4-9-14/h1-6,8-9,14H. The van der Waals surface area contributed by atoms with Crippen LogP contribution in [0.3, 0.4) is 0 Å². The van der Waals surface area contributed by atoms with E-state index in [-0.39, 0.29) is 5.82 Å². The molecule has 0 saturated heterocycles. The van der Waals surface area contributed by atoms with Gasteiger partial charge in [-0.25, -0.2) is 4.39 Å². The molecule has 0 N–H and O–H groups in total. The Morgan fingerprint density at radius 3 is 2.50 bits per heavy atom. The summed E-state index contributed by atoms with van der Waals surface area (Å²) >= 11 is 0. The van der Waals surface area contributed by atoms with Crippen LogP contribution in [0.5, 0.6) is 0 Å². The zero-order chi connectivity index (χ0) is 9.80. The van der Waals surface area contributed by atoms with E-state index in [1.165, 1.54) is 6.07 Å². The van der Waals surface area contributed by atoms with Crippen molar-refractivity contribution in [2.45, 2.75) is 0 Å². The summed E-state index contributed by atoms with van der Waals surface area (Å²) in [4.78, 5) is 0. The van der Waals surface area contributed by atoms with Gasteiger partial charge in [0.05, 0.1) is 5.56 Å². The topological polar surface area (TPSA) is 0 Å². The molecule has 14 heavy (non-hydrogen) atoms. The SMILES string of the molecule is Fc1ccccc1C#C[SiH]1C=CC=C1. The van der Waals surface area contributed by atoms with Gasteiger partial charge in [0.2, 0.25) is 0 Å². The van der Waals surface area contributed by atoms with Crippen molar-refractivity contribution in [2.24, 2.45) is 0 Å². The molecular formula is C12H9FSi. The molecule has 1 aliphatic rings. The van der Waals surface area contributed by atoms with Gasteiger partial charge in [0.1, 0.15) is 5.82 Å². The molecule has 0 aliphatic carbocycles. The molecule has 1 heterocycles. The number of halogens is 1. The first-order valence-electron chi connectivity index (χ1n) is 4.47. The Morgan fingerprint density at radius 2 is 1.79 bits per heavy atom.